The van der Waals surface area contributed by atoms with Gasteiger partial charge >= 0.3 is 0 Å². The molecule has 3 heteroatoms. The van der Waals surface area contributed by atoms with Crippen LogP contribution in [0.1, 0.15) is 39.5 Å². The Balaban J connectivity index is 1.92. The Morgan fingerprint density at radius 2 is 1.64 bits per heavy atom. The van der Waals surface area contributed by atoms with Gasteiger partial charge in [-0.1, -0.05) is 13.8 Å². The molecule has 2 nitrogen and oxygen atoms in total. The lowest BCUT2D eigenvalue weighted by molar-refractivity contribution is 0.0163. The summed E-state index contributed by atoms with van der Waals surface area (Å²) in [6.45, 7) is 4.55. The van der Waals surface area contributed by atoms with Crippen molar-refractivity contribution in [2.24, 2.45) is 17.3 Å². The molecule has 0 aromatic heterocycles. The lowest BCUT2D eigenvalue weighted by Crippen LogP contribution is -2.45. The van der Waals surface area contributed by atoms with Crippen molar-refractivity contribution in [3.8, 4) is 0 Å². The fourth-order valence-corrected chi connectivity index (χ4v) is 4.60. The highest BCUT2D eigenvalue weighted by Gasteiger charge is 2.47. The number of hydrogen-bond donors (Lipinski definition) is 0. The monoisotopic (exact) mass is 216 g/mol. The van der Waals surface area contributed by atoms with Gasteiger partial charge in [0.15, 0.2) is 0 Å². The summed E-state index contributed by atoms with van der Waals surface area (Å²) >= 11 is 0. The van der Waals surface area contributed by atoms with E-state index < -0.39 is 9.84 Å². The van der Waals surface area contributed by atoms with Gasteiger partial charge < -0.3 is 0 Å². The van der Waals surface area contributed by atoms with E-state index in [9.17, 15) is 8.42 Å². The highest BCUT2D eigenvalue weighted by Crippen LogP contribution is 2.55. The average molecular weight is 216 g/mol. The van der Waals surface area contributed by atoms with Gasteiger partial charge in [0.1, 0.15) is 9.84 Å². The van der Waals surface area contributed by atoms with Crippen LogP contribution in [0, 0.1) is 17.3 Å². The molecule has 0 radical (unpaired) electrons. The lowest BCUT2D eigenvalue weighted by Gasteiger charge is -2.51. The van der Waals surface area contributed by atoms with Gasteiger partial charge in [0.2, 0.25) is 0 Å². The Bertz CT molecular complexity index is 294. The maximum absolute atomic E-state index is 11.3. The Labute approximate surface area is 87.0 Å². The zero-order chi connectivity index (χ0) is 10.4. The third kappa shape index (κ3) is 1.83. The molecule has 1 saturated carbocycles. The van der Waals surface area contributed by atoms with E-state index >= 15 is 0 Å². The van der Waals surface area contributed by atoms with Crippen LogP contribution in [0.5, 0.6) is 0 Å². The van der Waals surface area contributed by atoms with Crippen LogP contribution in [-0.4, -0.2) is 19.9 Å². The van der Waals surface area contributed by atoms with Gasteiger partial charge in [-0.3, -0.25) is 0 Å². The van der Waals surface area contributed by atoms with Gasteiger partial charge in [0, 0.05) is 0 Å². The second kappa shape index (κ2) is 3.22. The van der Waals surface area contributed by atoms with Crippen LogP contribution < -0.4 is 0 Å². The number of sulfone groups is 1. The summed E-state index contributed by atoms with van der Waals surface area (Å²) in [5, 5.41) is 0. The highest BCUT2D eigenvalue weighted by molar-refractivity contribution is 7.91. The van der Waals surface area contributed by atoms with E-state index in [0.29, 0.717) is 16.9 Å². The van der Waals surface area contributed by atoms with Gasteiger partial charge in [-0.15, -0.1) is 0 Å². The summed E-state index contributed by atoms with van der Waals surface area (Å²) in [6, 6.07) is 0. The predicted octanol–water partition coefficient (Wildman–Crippen LogP) is 2.25. The molecule has 0 bridgehead atoms. The molecule has 0 atom stereocenters. The maximum Gasteiger partial charge on any atom is 0.150 e. The third-order valence-electron chi connectivity index (χ3n) is 4.22. The van der Waals surface area contributed by atoms with E-state index in [2.05, 4.69) is 13.8 Å². The van der Waals surface area contributed by atoms with E-state index in [-0.39, 0.29) is 0 Å². The van der Waals surface area contributed by atoms with Crippen molar-refractivity contribution in [2.45, 2.75) is 39.5 Å². The molecular weight excluding hydrogens is 196 g/mol. The summed E-state index contributed by atoms with van der Waals surface area (Å²) < 4.78 is 22.6. The second-order valence-corrected chi connectivity index (χ2v) is 7.87. The van der Waals surface area contributed by atoms with Crippen molar-refractivity contribution >= 4 is 9.84 Å². The zero-order valence-corrected chi connectivity index (χ0v) is 9.94. The number of rotatable bonds is 1. The topological polar surface area (TPSA) is 34.1 Å². The van der Waals surface area contributed by atoms with Crippen LogP contribution in [0.3, 0.4) is 0 Å². The standard InChI is InChI=1S/C11H20O2S/c1-9(2)10-7-11(8-10)3-5-14(12,13)6-4-11/h9-10H,3-8H2,1-2H3. The van der Waals surface area contributed by atoms with Crippen molar-refractivity contribution in [1.82, 2.24) is 0 Å². The molecule has 0 amide bonds. The van der Waals surface area contributed by atoms with Crippen LogP contribution in [0.2, 0.25) is 0 Å². The van der Waals surface area contributed by atoms with E-state index in [1.807, 2.05) is 0 Å². The molecule has 2 aliphatic rings. The molecular formula is C11H20O2S. The Kier molecular flexibility index (Phi) is 2.41. The van der Waals surface area contributed by atoms with Gasteiger partial charge in [-0.25, -0.2) is 8.42 Å². The van der Waals surface area contributed by atoms with Crippen molar-refractivity contribution < 1.29 is 8.42 Å². The van der Waals surface area contributed by atoms with Crippen LogP contribution in [-0.2, 0) is 9.84 Å². The van der Waals surface area contributed by atoms with Crippen LogP contribution in [0.4, 0.5) is 0 Å². The average Bonchev–Trinajstić information content (AvgIpc) is 2.00. The van der Waals surface area contributed by atoms with E-state index in [4.69, 9.17) is 0 Å². The molecule has 1 aliphatic heterocycles. The van der Waals surface area contributed by atoms with Crippen molar-refractivity contribution in [2.75, 3.05) is 11.5 Å². The molecule has 2 fully saturated rings. The molecule has 1 saturated heterocycles. The SMILES string of the molecule is CC(C)C1CC2(CCS(=O)(=O)CC2)C1. The first kappa shape index (κ1) is 10.5. The van der Waals surface area contributed by atoms with Crippen molar-refractivity contribution in [1.29, 1.82) is 0 Å². The summed E-state index contributed by atoms with van der Waals surface area (Å²) in [5.41, 5.74) is 0.431. The van der Waals surface area contributed by atoms with E-state index in [1.165, 1.54) is 12.8 Å². The summed E-state index contributed by atoms with van der Waals surface area (Å²) in [5.74, 6) is 2.52. The minimum Gasteiger partial charge on any atom is -0.229 e. The summed E-state index contributed by atoms with van der Waals surface area (Å²) in [7, 11) is -2.67. The normalized spacial score (nSPS) is 30.5. The molecule has 2 rings (SSSR count). The number of hydrogen-bond acceptors (Lipinski definition) is 2. The molecule has 1 heterocycles. The summed E-state index contributed by atoms with van der Waals surface area (Å²) in [6.07, 6.45) is 4.41. The molecule has 1 spiro atoms. The summed E-state index contributed by atoms with van der Waals surface area (Å²) in [4.78, 5) is 0. The first-order valence-corrected chi connectivity index (χ1v) is 7.45. The molecule has 82 valence electrons. The lowest BCUT2D eigenvalue weighted by atomic mass is 9.56. The second-order valence-electron chi connectivity index (χ2n) is 5.56. The van der Waals surface area contributed by atoms with Gasteiger partial charge in [-0.05, 0) is 42.9 Å². The molecule has 0 aromatic rings. The Morgan fingerprint density at radius 3 is 2.07 bits per heavy atom. The van der Waals surface area contributed by atoms with E-state index in [0.717, 1.165) is 24.7 Å². The minimum absolute atomic E-state index is 0.431. The van der Waals surface area contributed by atoms with Gasteiger partial charge in [0.25, 0.3) is 0 Å². The molecule has 0 N–H and O–H groups in total. The largest absolute Gasteiger partial charge is 0.229 e. The molecule has 0 aromatic carbocycles. The highest BCUT2D eigenvalue weighted by atomic mass is 32.2. The van der Waals surface area contributed by atoms with Crippen LogP contribution in [0.15, 0.2) is 0 Å². The predicted molar refractivity (Wildman–Crippen MR) is 57.9 cm³/mol. The van der Waals surface area contributed by atoms with Gasteiger partial charge in [0.05, 0.1) is 11.5 Å². The van der Waals surface area contributed by atoms with Crippen molar-refractivity contribution in [3.63, 3.8) is 0 Å². The fraction of sp³-hybridized carbons (Fsp3) is 1.00. The first-order chi connectivity index (χ1) is 6.43. The van der Waals surface area contributed by atoms with E-state index in [1.54, 1.807) is 0 Å². The van der Waals surface area contributed by atoms with Crippen LogP contribution >= 0.6 is 0 Å². The van der Waals surface area contributed by atoms with Gasteiger partial charge in [-0.2, -0.15) is 0 Å². The molecule has 14 heavy (non-hydrogen) atoms. The quantitative estimate of drug-likeness (QED) is 0.673. The third-order valence-corrected chi connectivity index (χ3v) is 5.87. The molecule has 0 unspecified atom stereocenters. The smallest absolute Gasteiger partial charge is 0.150 e. The van der Waals surface area contributed by atoms with Crippen molar-refractivity contribution in [3.05, 3.63) is 0 Å². The van der Waals surface area contributed by atoms with Crippen LogP contribution in [0.25, 0.3) is 0 Å². The Hall–Kier alpha value is -0.0500. The fourth-order valence-electron chi connectivity index (χ4n) is 2.90. The Morgan fingerprint density at radius 1 is 1.14 bits per heavy atom. The first-order valence-electron chi connectivity index (χ1n) is 5.63. The maximum atomic E-state index is 11.3. The minimum atomic E-state index is -2.67. The molecule has 1 aliphatic carbocycles. The zero-order valence-electron chi connectivity index (χ0n) is 9.12.